The number of halogens is 3. The Balaban J connectivity index is 1.23. The van der Waals surface area contributed by atoms with E-state index < -0.39 is 23.8 Å². The quantitative estimate of drug-likeness (QED) is 0.262. The summed E-state index contributed by atoms with van der Waals surface area (Å²) in [5, 5.41) is 16.5. The molecule has 1 unspecified atom stereocenters. The summed E-state index contributed by atoms with van der Waals surface area (Å²) in [4.78, 5) is 22.0. The first-order valence-electron chi connectivity index (χ1n) is 11.9. The summed E-state index contributed by atoms with van der Waals surface area (Å²) in [6.07, 6.45) is -2.29. The molecule has 0 aliphatic carbocycles. The maximum atomic E-state index is 13.9. The Morgan fingerprint density at radius 2 is 1.95 bits per heavy atom. The number of benzene rings is 1. The van der Waals surface area contributed by atoms with Crippen molar-refractivity contribution >= 4 is 50.3 Å². The number of pyridine rings is 1. The number of primary amides is 1. The molecule has 4 heterocycles. The first kappa shape index (κ1) is 26.4. The van der Waals surface area contributed by atoms with E-state index in [0.29, 0.717) is 32.5 Å². The molecule has 3 aromatic heterocycles. The molecular weight excluding hydrogens is 537 g/mol. The normalized spacial score (nSPS) is 15.7. The average Bonchev–Trinajstić information content (AvgIpc) is 3.55. The summed E-state index contributed by atoms with van der Waals surface area (Å²) in [5.41, 5.74) is 11.7. The molecule has 0 bridgehead atoms. The number of nitrogens with one attached hydrogen (secondary N) is 1. The summed E-state index contributed by atoms with van der Waals surface area (Å²) >= 11 is 2.32. The molecule has 1 fully saturated rings. The van der Waals surface area contributed by atoms with Gasteiger partial charge in [-0.2, -0.15) is 13.2 Å². The molecule has 4 aromatic rings. The van der Waals surface area contributed by atoms with Crippen LogP contribution in [-0.2, 0) is 6.18 Å². The average molecular weight is 563 g/mol. The van der Waals surface area contributed by atoms with Crippen molar-refractivity contribution < 1.29 is 23.1 Å². The number of alkyl halides is 3. The number of aromatic nitrogens is 2. The number of anilines is 2. The van der Waals surface area contributed by atoms with E-state index in [1.54, 1.807) is 22.4 Å². The second-order valence-electron chi connectivity index (χ2n) is 9.06. The second kappa shape index (κ2) is 10.5. The van der Waals surface area contributed by atoms with Crippen LogP contribution in [0.5, 0.6) is 0 Å². The highest BCUT2D eigenvalue weighted by molar-refractivity contribution is 7.21. The lowest BCUT2D eigenvalue weighted by Gasteiger charge is -2.34. The third kappa shape index (κ3) is 5.32. The molecule has 1 aliphatic heterocycles. The van der Waals surface area contributed by atoms with Gasteiger partial charge in [-0.25, -0.2) is 9.97 Å². The highest BCUT2D eigenvalue weighted by atomic mass is 32.1. The Kier molecular flexibility index (Phi) is 7.27. The van der Waals surface area contributed by atoms with E-state index >= 15 is 0 Å². The number of aliphatic hydroxyl groups is 1. The maximum absolute atomic E-state index is 13.9. The number of carbonyl (C=O) groups excluding carboxylic acids is 1. The van der Waals surface area contributed by atoms with Crippen LogP contribution >= 0.6 is 22.7 Å². The number of amides is 1. The summed E-state index contributed by atoms with van der Waals surface area (Å²) < 4.78 is 41.6. The second-order valence-corrected chi connectivity index (χ2v) is 11.0. The molecule has 1 aromatic carbocycles. The fourth-order valence-corrected chi connectivity index (χ4v) is 6.21. The molecule has 0 radical (unpaired) electrons. The molecule has 1 aliphatic rings. The van der Waals surface area contributed by atoms with Gasteiger partial charge in [0.2, 0.25) is 0 Å². The Morgan fingerprint density at radius 3 is 2.55 bits per heavy atom. The van der Waals surface area contributed by atoms with Crippen molar-refractivity contribution in [3.05, 3.63) is 57.9 Å². The zero-order chi connectivity index (χ0) is 27.0. The third-order valence-electron chi connectivity index (χ3n) is 6.61. The van der Waals surface area contributed by atoms with Crippen LogP contribution in [0.2, 0.25) is 0 Å². The van der Waals surface area contributed by atoms with Crippen molar-refractivity contribution in [2.75, 3.05) is 30.3 Å². The molecule has 200 valence electrons. The SMILES string of the molecule is NC(=O)c1sc2nc(N3CCC(NCC(O)c4ccc(-c5nccs5)cc4)CC3)cc(C(F)(F)F)c2c1N. The van der Waals surface area contributed by atoms with Gasteiger partial charge in [0.15, 0.2) is 0 Å². The Labute approximate surface area is 224 Å². The van der Waals surface area contributed by atoms with E-state index in [-0.39, 0.29) is 32.6 Å². The fraction of sp³-hybridized carbons (Fsp3) is 0.320. The van der Waals surface area contributed by atoms with E-state index in [0.717, 1.165) is 33.5 Å². The van der Waals surface area contributed by atoms with Crippen molar-refractivity contribution in [1.82, 2.24) is 15.3 Å². The van der Waals surface area contributed by atoms with Gasteiger partial charge in [0.05, 0.1) is 17.4 Å². The van der Waals surface area contributed by atoms with Crippen molar-refractivity contribution in [1.29, 1.82) is 0 Å². The Morgan fingerprint density at radius 1 is 1.24 bits per heavy atom. The first-order valence-corrected chi connectivity index (χ1v) is 13.6. The van der Waals surface area contributed by atoms with Crippen molar-refractivity contribution in [3.8, 4) is 10.6 Å². The van der Waals surface area contributed by atoms with Crippen LogP contribution < -0.4 is 21.7 Å². The van der Waals surface area contributed by atoms with Crippen LogP contribution in [-0.4, -0.2) is 46.7 Å². The zero-order valence-corrected chi connectivity index (χ0v) is 21.7. The number of aliphatic hydroxyl groups excluding tert-OH is 1. The van der Waals surface area contributed by atoms with E-state index in [4.69, 9.17) is 11.5 Å². The predicted octanol–water partition coefficient (Wildman–Crippen LogP) is 4.41. The van der Waals surface area contributed by atoms with Gasteiger partial charge in [0, 0.05) is 48.2 Å². The van der Waals surface area contributed by atoms with Gasteiger partial charge >= 0.3 is 6.18 Å². The standard InChI is InChI=1S/C25H25F3N6O2S2/c26-25(27,28)16-11-18(33-24-19(16)20(29)21(38-24)22(30)36)34-8-5-15(6-9-34)32-12-17(35)13-1-3-14(4-2-13)23-31-7-10-37-23/h1-4,7,10-11,15,17,32,35H,5-6,8-9,12,29H2,(H2,30,36). The monoisotopic (exact) mass is 562 g/mol. The number of thiazole rings is 1. The number of piperidine rings is 1. The van der Waals surface area contributed by atoms with Crippen LogP contribution in [0.3, 0.4) is 0 Å². The minimum Gasteiger partial charge on any atom is -0.397 e. The highest BCUT2D eigenvalue weighted by Gasteiger charge is 2.37. The molecule has 1 atom stereocenters. The largest absolute Gasteiger partial charge is 0.417 e. The van der Waals surface area contributed by atoms with E-state index in [2.05, 4.69) is 15.3 Å². The minimum atomic E-state index is -4.67. The lowest BCUT2D eigenvalue weighted by atomic mass is 10.0. The van der Waals surface area contributed by atoms with Gasteiger partial charge in [-0.1, -0.05) is 24.3 Å². The minimum absolute atomic E-state index is 0.0328. The number of nitrogens with two attached hydrogens (primary N) is 2. The lowest BCUT2D eigenvalue weighted by molar-refractivity contribution is -0.136. The maximum Gasteiger partial charge on any atom is 0.417 e. The van der Waals surface area contributed by atoms with E-state index in [1.807, 2.05) is 29.6 Å². The molecule has 1 saturated heterocycles. The summed E-state index contributed by atoms with van der Waals surface area (Å²) in [5.74, 6) is -0.703. The van der Waals surface area contributed by atoms with Crippen LogP contribution in [0.25, 0.3) is 20.8 Å². The number of carbonyl (C=O) groups is 1. The predicted molar refractivity (Wildman–Crippen MR) is 143 cm³/mol. The van der Waals surface area contributed by atoms with Gasteiger partial charge in [0.1, 0.15) is 20.5 Å². The topological polar surface area (TPSA) is 130 Å². The van der Waals surface area contributed by atoms with Gasteiger partial charge in [-0.3, -0.25) is 4.79 Å². The number of thiophene rings is 1. The molecule has 0 spiro atoms. The molecule has 1 amide bonds. The molecular formula is C25H25F3N6O2S2. The fourth-order valence-electron chi connectivity index (χ4n) is 4.60. The Hall–Kier alpha value is -3.26. The highest BCUT2D eigenvalue weighted by Crippen LogP contribution is 2.43. The molecule has 6 N–H and O–H groups in total. The number of nitrogens with zero attached hydrogens (tertiary/aromatic N) is 3. The molecule has 8 nitrogen and oxygen atoms in total. The van der Waals surface area contributed by atoms with Crippen LogP contribution in [0.1, 0.15) is 39.7 Å². The van der Waals surface area contributed by atoms with Gasteiger partial charge in [-0.05, 0) is 24.5 Å². The van der Waals surface area contributed by atoms with Crippen LogP contribution in [0.15, 0.2) is 41.9 Å². The van der Waals surface area contributed by atoms with E-state index in [9.17, 15) is 23.1 Å². The van der Waals surface area contributed by atoms with Crippen LogP contribution in [0, 0.1) is 0 Å². The molecule has 13 heteroatoms. The van der Waals surface area contributed by atoms with Gasteiger partial charge < -0.3 is 26.8 Å². The zero-order valence-electron chi connectivity index (χ0n) is 20.0. The summed E-state index contributed by atoms with van der Waals surface area (Å²) in [6, 6.07) is 8.72. The number of nitrogen functional groups attached to an aromatic ring is 1. The third-order valence-corrected chi connectivity index (χ3v) is 8.54. The number of hydrogen-bond acceptors (Lipinski definition) is 9. The Bertz CT molecular complexity index is 1430. The molecule has 5 rings (SSSR count). The summed E-state index contributed by atoms with van der Waals surface area (Å²) in [6.45, 7) is 1.32. The van der Waals surface area contributed by atoms with Gasteiger partial charge in [-0.15, -0.1) is 22.7 Å². The van der Waals surface area contributed by atoms with E-state index in [1.165, 1.54) is 0 Å². The molecule has 38 heavy (non-hydrogen) atoms. The van der Waals surface area contributed by atoms with Crippen molar-refractivity contribution in [2.24, 2.45) is 5.73 Å². The first-order chi connectivity index (χ1) is 18.1. The number of fused-ring (bicyclic) bond motifs is 1. The van der Waals surface area contributed by atoms with Gasteiger partial charge in [0.25, 0.3) is 5.91 Å². The van der Waals surface area contributed by atoms with Crippen molar-refractivity contribution in [2.45, 2.75) is 31.2 Å². The molecule has 0 saturated carbocycles. The van der Waals surface area contributed by atoms with Crippen LogP contribution in [0.4, 0.5) is 24.7 Å². The smallest absolute Gasteiger partial charge is 0.397 e. The van der Waals surface area contributed by atoms with Crippen molar-refractivity contribution in [3.63, 3.8) is 0 Å². The lowest BCUT2D eigenvalue weighted by Crippen LogP contribution is -2.44. The number of hydrogen-bond donors (Lipinski definition) is 4. The number of rotatable bonds is 7. The summed E-state index contributed by atoms with van der Waals surface area (Å²) in [7, 11) is 0.